The van der Waals surface area contributed by atoms with Gasteiger partial charge in [-0.15, -0.1) is 0 Å². The average Bonchev–Trinajstić information content (AvgIpc) is 3.83. The third-order valence-electron chi connectivity index (χ3n) is 11.7. The van der Waals surface area contributed by atoms with E-state index < -0.39 is 59.7 Å². The lowest BCUT2D eigenvalue weighted by molar-refractivity contribution is -0.148. The van der Waals surface area contributed by atoms with Crippen LogP contribution in [0.3, 0.4) is 0 Å². The molecule has 0 radical (unpaired) electrons. The second kappa shape index (κ2) is 19.7. The smallest absolute Gasteiger partial charge is 0.326 e. The summed E-state index contributed by atoms with van der Waals surface area (Å²) in [5.74, 6) is -3.03. The lowest BCUT2D eigenvalue weighted by Crippen LogP contribution is -2.61. The Labute approximate surface area is 316 Å². The minimum absolute atomic E-state index is 0.0212. The highest BCUT2D eigenvalue weighted by molar-refractivity contribution is 5.92. The molecule has 2 aliphatic rings. The lowest BCUT2D eigenvalue weighted by atomic mass is 9.88. The van der Waals surface area contributed by atoms with E-state index in [1.54, 1.807) is 30.9 Å². The molecule has 3 rings (SSSR count). The highest BCUT2D eigenvalue weighted by Gasteiger charge is 2.45. The van der Waals surface area contributed by atoms with Gasteiger partial charge in [-0.25, -0.2) is 4.79 Å². The molecule has 1 heterocycles. The maximum absolute atomic E-state index is 14.3. The van der Waals surface area contributed by atoms with Crippen LogP contribution in [0.1, 0.15) is 85.1 Å². The van der Waals surface area contributed by atoms with Crippen molar-refractivity contribution in [1.82, 2.24) is 25.3 Å². The highest BCUT2D eigenvalue weighted by atomic mass is 16.5. The number of likely N-dealkylation sites (tertiary alicyclic amines) is 1. The van der Waals surface area contributed by atoms with Crippen molar-refractivity contribution in [2.45, 2.75) is 128 Å². The molecular formula is C40H65N5O8. The zero-order valence-corrected chi connectivity index (χ0v) is 33.6. The third-order valence-corrected chi connectivity index (χ3v) is 11.7. The van der Waals surface area contributed by atoms with Crippen LogP contribution in [0.5, 0.6) is 0 Å². The second-order valence-electron chi connectivity index (χ2n) is 16.0. The van der Waals surface area contributed by atoms with Gasteiger partial charge in [0.05, 0.1) is 42.2 Å². The molecule has 1 aliphatic carbocycles. The van der Waals surface area contributed by atoms with Crippen molar-refractivity contribution in [3.8, 4) is 0 Å². The standard InChI is InChI=1S/C40H65N5O8/c1-25(2)33(42-39(51)40(4,5)43(6)7)37(48)44(8)34(28-19-14-15-20-28)31(52-9)24-32(46)45-22-16-21-30(45)35(53-10)26(3)36(47)41-29(38(49)50)23-27-17-12-11-13-18-27/h11-13,17-18,25-26,28-31,33-35H,14-16,19-24H2,1-10H3,(H,41,47)(H,42,51)(H,49,50)/t26-,29+,30+,31-,33+,34+,35-/m1/s1. The molecule has 7 atom stereocenters. The van der Waals surface area contributed by atoms with Crippen LogP contribution < -0.4 is 10.6 Å². The van der Waals surface area contributed by atoms with Gasteiger partial charge < -0.3 is 35.0 Å². The number of methoxy groups -OCH3 is 2. The van der Waals surface area contributed by atoms with Gasteiger partial charge in [-0.1, -0.05) is 63.9 Å². The number of carboxylic acid groups (broad SMARTS) is 1. The molecule has 1 aromatic rings. The van der Waals surface area contributed by atoms with E-state index in [-0.39, 0.29) is 42.4 Å². The molecule has 13 nitrogen and oxygen atoms in total. The molecule has 0 spiro atoms. The number of ether oxygens (including phenoxy) is 2. The van der Waals surface area contributed by atoms with Crippen LogP contribution >= 0.6 is 0 Å². The predicted molar refractivity (Wildman–Crippen MR) is 203 cm³/mol. The van der Waals surface area contributed by atoms with Gasteiger partial charge in [-0.2, -0.15) is 0 Å². The first-order valence-corrected chi connectivity index (χ1v) is 19.1. The molecule has 3 N–H and O–H groups in total. The number of aliphatic carboxylic acids is 1. The first kappa shape index (κ1) is 43.9. The molecule has 0 unspecified atom stereocenters. The van der Waals surface area contributed by atoms with Gasteiger partial charge >= 0.3 is 5.97 Å². The number of carboxylic acids is 1. The first-order chi connectivity index (χ1) is 25.0. The number of amides is 4. The average molecular weight is 744 g/mol. The summed E-state index contributed by atoms with van der Waals surface area (Å²) >= 11 is 0. The monoisotopic (exact) mass is 743 g/mol. The van der Waals surface area contributed by atoms with Gasteiger partial charge in [0.1, 0.15) is 12.1 Å². The minimum Gasteiger partial charge on any atom is -0.480 e. The first-order valence-electron chi connectivity index (χ1n) is 19.1. The van der Waals surface area contributed by atoms with Crippen molar-refractivity contribution in [3.05, 3.63) is 35.9 Å². The number of benzene rings is 1. The number of hydrogen-bond acceptors (Lipinski definition) is 8. The third kappa shape index (κ3) is 11.0. The molecular weight excluding hydrogens is 678 g/mol. The molecule has 0 aromatic heterocycles. The van der Waals surface area contributed by atoms with Crippen LogP contribution in [0.2, 0.25) is 0 Å². The fourth-order valence-corrected chi connectivity index (χ4v) is 7.84. The molecule has 53 heavy (non-hydrogen) atoms. The quantitative estimate of drug-likeness (QED) is 0.193. The Bertz CT molecular complexity index is 1380. The zero-order valence-electron chi connectivity index (χ0n) is 33.6. The van der Waals surface area contributed by atoms with Crippen molar-refractivity contribution >= 4 is 29.6 Å². The van der Waals surface area contributed by atoms with Gasteiger partial charge in [0.2, 0.25) is 23.6 Å². The SMILES string of the molecule is CO[C@H]([C@@H](C)C(=O)N[C@@H](Cc1ccccc1)C(=O)O)[C@@H]1CCCN1C(=O)C[C@@H](OC)[C@H](C1CCCC1)N(C)C(=O)[C@@H](NC(=O)C(C)(C)N(C)C)C(C)C. The van der Waals surface area contributed by atoms with Gasteiger partial charge in [-0.05, 0) is 71.0 Å². The molecule has 298 valence electrons. The number of likely N-dealkylation sites (N-methyl/N-ethyl adjacent to an activating group) is 2. The van der Waals surface area contributed by atoms with Crippen molar-refractivity contribution in [1.29, 1.82) is 0 Å². The lowest BCUT2D eigenvalue weighted by Gasteiger charge is -2.41. The van der Waals surface area contributed by atoms with E-state index >= 15 is 0 Å². The number of nitrogens with zero attached hydrogens (tertiary/aromatic N) is 3. The van der Waals surface area contributed by atoms with Crippen LogP contribution in [0.4, 0.5) is 0 Å². The van der Waals surface area contributed by atoms with E-state index in [0.717, 1.165) is 37.7 Å². The molecule has 4 amide bonds. The summed E-state index contributed by atoms with van der Waals surface area (Å²) in [6.45, 7) is 9.62. The van der Waals surface area contributed by atoms with E-state index in [4.69, 9.17) is 9.47 Å². The maximum atomic E-state index is 14.3. The van der Waals surface area contributed by atoms with E-state index in [9.17, 15) is 29.1 Å². The zero-order chi connectivity index (χ0) is 39.6. The van der Waals surface area contributed by atoms with Crippen molar-refractivity contribution < 1.29 is 38.6 Å². The van der Waals surface area contributed by atoms with Gasteiger partial charge in [0.15, 0.2) is 0 Å². The fourth-order valence-electron chi connectivity index (χ4n) is 7.84. The number of hydrogen-bond donors (Lipinski definition) is 3. The Balaban J connectivity index is 1.79. The van der Waals surface area contributed by atoms with Crippen molar-refractivity contribution in [2.75, 3.05) is 41.9 Å². The van der Waals surface area contributed by atoms with E-state index in [1.807, 2.05) is 77.0 Å². The number of carbonyl (C=O) groups excluding carboxylic acids is 4. The second-order valence-corrected chi connectivity index (χ2v) is 16.0. The summed E-state index contributed by atoms with van der Waals surface area (Å²) in [5, 5.41) is 15.6. The molecule has 2 fully saturated rings. The topological polar surface area (TPSA) is 158 Å². The molecule has 0 bridgehead atoms. The summed E-state index contributed by atoms with van der Waals surface area (Å²) < 4.78 is 12.0. The molecule has 1 aromatic carbocycles. The Hall–Kier alpha value is -3.55. The maximum Gasteiger partial charge on any atom is 0.326 e. The largest absolute Gasteiger partial charge is 0.480 e. The summed E-state index contributed by atoms with van der Waals surface area (Å²) in [6, 6.07) is 6.42. The van der Waals surface area contributed by atoms with Crippen LogP contribution in [0.15, 0.2) is 30.3 Å². The number of carbonyl (C=O) groups is 5. The molecule has 1 saturated carbocycles. The summed E-state index contributed by atoms with van der Waals surface area (Å²) in [6.07, 6.45) is 4.05. The van der Waals surface area contributed by atoms with Gasteiger partial charge in [0, 0.05) is 34.2 Å². The molecule has 1 saturated heterocycles. The Morgan fingerprint density at radius 3 is 2.08 bits per heavy atom. The minimum atomic E-state index is -1.13. The Kier molecular flexibility index (Phi) is 16.3. The predicted octanol–water partition coefficient (Wildman–Crippen LogP) is 3.34. The fraction of sp³-hybridized carbons (Fsp3) is 0.725. The molecule has 13 heteroatoms. The Morgan fingerprint density at radius 2 is 1.55 bits per heavy atom. The summed E-state index contributed by atoms with van der Waals surface area (Å²) in [7, 11) is 8.48. The van der Waals surface area contributed by atoms with Crippen LogP contribution in [-0.2, 0) is 39.9 Å². The van der Waals surface area contributed by atoms with Crippen molar-refractivity contribution in [2.24, 2.45) is 17.8 Å². The van der Waals surface area contributed by atoms with Crippen LogP contribution in [0.25, 0.3) is 0 Å². The Morgan fingerprint density at radius 1 is 0.925 bits per heavy atom. The van der Waals surface area contributed by atoms with E-state index in [0.29, 0.717) is 13.0 Å². The summed E-state index contributed by atoms with van der Waals surface area (Å²) in [4.78, 5) is 72.7. The van der Waals surface area contributed by atoms with Crippen molar-refractivity contribution in [3.63, 3.8) is 0 Å². The van der Waals surface area contributed by atoms with Gasteiger partial charge in [-0.3, -0.25) is 24.1 Å². The summed E-state index contributed by atoms with van der Waals surface area (Å²) in [5.41, 5.74) is -0.0411. The van der Waals surface area contributed by atoms with Gasteiger partial charge in [0.25, 0.3) is 0 Å². The molecule has 1 aliphatic heterocycles. The van der Waals surface area contributed by atoms with E-state index in [2.05, 4.69) is 10.6 Å². The number of rotatable bonds is 19. The van der Waals surface area contributed by atoms with Crippen LogP contribution in [0, 0.1) is 17.8 Å². The van der Waals surface area contributed by atoms with E-state index in [1.165, 1.54) is 7.11 Å². The highest BCUT2D eigenvalue weighted by Crippen LogP contribution is 2.35. The normalized spacial score (nSPS) is 20.1. The number of nitrogens with one attached hydrogen (secondary N) is 2. The van der Waals surface area contributed by atoms with Crippen LogP contribution in [-0.4, -0.2) is 133 Å².